The lowest BCUT2D eigenvalue weighted by molar-refractivity contribution is 1.10. The van der Waals surface area contributed by atoms with Gasteiger partial charge in [-0.1, -0.05) is 29.5 Å². The van der Waals surface area contributed by atoms with Gasteiger partial charge in [0.1, 0.15) is 0 Å². The van der Waals surface area contributed by atoms with Gasteiger partial charge in [0.15, 0.2) is 5.01 Å². The molecule has 0 amide bonds. The summed E-state index contributed by atoms with van der Waals surface area (Å²) in [6.45, 7) is 2.01. The van der Waals surface area contributed by atoms with E-state index in [9.17, 15) is 0 Å². The second kappa shape index (κ2) is 3.59. The number of nitrogen functional groups attached to an aromatic ring is 1. The molecule has 0 atom stereocenters. The van der Waals surface area contributed by atoms with Gasteiger partial charge in [0.25, 0.3) is 0 Å². The van der Waals surface area contributed by atoms with E-state index in [0.717, 1.165) is 21.0 Å². The Kier molecular flexibility index (Phi) is 2.43. The van der Waals surface area contributed by atoms with Crippen molar-refractivity contribution in [2.24, 2.45) is 0 Å². The number of nitrogens with two attached hydrogens (primary N) is 1. The number of benzene rings is 1. The zero-order valence-electron chi connectivity index (χ0n) is 7.56. The summed E-state index contributed by atoms with van der Waals surface area (Å²) >= 11 is 5.80. The highest BCUT2D eigenvalue weighted by Crippen LogP contribution is 2.31. The lowest BCUT2D eigenvalue weighted by atomic mass is 10.1. The first-order valence-corrected chi connectivity index (χ1v) is 5.33. The van der Waals surface area contributed by atoms with Crippen LogP contribution in [-0.4, -0.2) is 10.2 Å². The minimum absolute atomic E-state index is 0.481. The average molecular weight is 223 g/mol. The second-order valence-corrected chi connectivity index (χ2v) is 4.37. The Morgan fingerprint density at radius 2 is 2.14 bits per heavy atom. The van der Waals surface area contributed by atoms with E-state index in [-0.39, 0.29) is 0 Å². The van der Waals surface area contributed by atoms with Crippen molar-refractivity contribution in [1.82, 2.24) is 10.2 Å². The predicted molar refractivity (Wildman–Crippen MR) is 61.7 cm³/mol. The lowest BCUT2D eigenvalue weighted by Crippen LogP contribution is -1.83. The molecule has 0 aliphatic carbocycles. The van der Waals surface area contributed by atoms with Crippen molar-refractivity contribution >= 4 is 29.1 Å². The lowest BCUT2D eigenvalue weighted by Gasteiger charge is -2.02. The molecule has 0 saturated heterocycles. The number of aryl methyl sites for hydroxylation is 1. The molecule has 2 N–H and O–H groups in total. The number of nitrogens with zero attached hydrogens (tertiary/aromatic N) is 2. The number of hydrogen-bond donors (Lipinski definition) is 2. The highest BCUT2D eigenvalue weighted by atomic mass is 32.1. The van der Waals surface area contributed by atoms with Crippen LogP contribution in [0.3, 0.4) is 0 Å². The molecule has 5 heteroatoms. The number of thiol groups is 1. The monoisotopic (exact) mass is 223 g/mol. The molecule has 3 nitrogen and oxygen atoms in total. The van der Waals surface area contributed by atoms with Crippen molar-refractivity contribution < 1.29 is 0 Å². The summed E-state index contributed by atoms with van der Waals surface area (Å²) in [7, 11) is 0. The Hall–Kier alpha value is -1.07. The smallest absolute Gasteiger partial charge is 0.203 e. The van der Waals surface area contributed by atoms with E-state index in [1.165, 1.54) is 11.3 Å². The molecule has 0 fully saturated rings. The van der Waals surface area contributed by atoms with Crippen LogP contribution in [-0.2, 0) is 0 Å². The molecule has 0 aliphatic rings. The molecule has 2 rings (SSSR count). The van der Waals surface area contributed by atoms with Gasteiger partial charge in [0, 0.05) is 10.5 Å². The van der Waals surface area contributed by atoms with E-state index in [2.05, 4.69) is 22.8 Å². The molecule has 0 saturated carbocycles. The number of hydrogen-bond acceptors (Lipinski definition) is 5. The van der Waals surface area contributed by atoms with E-state index in [1.54, 1.807) is 0 Å². The highest BCUT2D eigenvalue weighted by Gasteiger charge is 2.08. The Balaban J connectivity index is 2.57. The number of aromatic nitrogens is 2. The molecule has 0 radical (unpaired) electrons. The Bertz CT molecular complexity index is 465. The van der Waals surface area contributed by atoms with Crippen LogP contribution in [0.15, 0.2) is 23.1 Å². The van der Waals surface area contributed by atoms with Crippen LogP contribution in [0.25, 0.3) is 10.6 Å². The van der Waals surface area contributed by atoms with Crippen LogP contribution >= 0.6 is 24.0 Å². The normalized spacial score (nSPS) is 10.4. The largest absolute Gasteiger partial charge is 0.374 e. The molecule has 0 aliphatic heterocycles. The maximum absolute atomic E-state index is 5.52. The molecule has 0 unspecified atom stereocenters. The van der Waals surface area contributed by atoms with Gasteiger partial charge in [-0.2, -0.15) is 0 Å². The minimum Gasteiger partial charge on any atom is -0.374 e. The summed E-state index contributed by atoms with van der Waals surface area (Å²) in [6.07, 6.45) is 0. The second-order valence-electron chi connectivity index (χ2n) is 2.92. The molecule has 0 bridgehead atoms. The fourth-order valence-corrected chi connectivity index (χ4v) is 2.15. The van der Waals surface area contributed by atoms with Crippen LogP contribution in [0, 0.1) is 6.92 Å². The van der Waals surface area contributed by atoms with E-state index in [0.29, 0.717) is 5.13 Å². The van der Waals surface area contributed by atoms with Crippen molar-refractivity contribution in [2.75, 3.05) is 5.73 Å². The van der Waals surface area contributed by atoms with Gasteiger partial charge in [0.2, 0.25) is 5.13 Å². The van der Waals surface area contributed by atoms with Crippen molar-refractivity contribution in [3.8, 4) is 10.6 Å². The van der Waals surface area contributed by atoms with Gasteiger partial charge in [-0.3, -0.25) is 0 Å². The molecule has 1 heterocycles. The first kappa shape index (κ1) is 9.48. The fourth-order valence-electron chi connectivity index (χ4n) is 1.17. The van der Waals surface area contributed by atoms with E-state index < -0.39 is 0 Å². The molecule has 14 heavy (non-hydrogen) atoms. The zero-order valence-corrected chi connectivity index (χ0v) is 9.27. The molecular weight excluding hydrogens is 214 g/mol. The maximum Gasteiger partial charge on any atom is 0.203 e. The van der Waals surface area contributed by atoms with E-state index in [4.69, 9.17) is 5.73 Å². The van der Waals surface area contributed by atoms with Gasteiger partial charge in [-0.15, -0.1) is 22.8 Å². The van der Waals surface area contributed by atoms with Gasteiger partial charge in [-0.05, 0) is 12.5 Å². The number of anilines is 1. The summed E-state index contributed by atoms with van der Waals surface area (Å²) in [6, 6.07) is 5.95. The molecule has 0 spiro atoms. The molecular formula is C9H9N3S2. The van der Waals surface area contributed by atoms with Crippen LogP contribution in [0.4, 0.5) is 5.13 Å². The predicted octanol–water partition coefficient (Wildman–Crippen LogP) is 2.38. The quantitative estimate of drug-likeness (QED) is 0.730. The fraction of sp³-hybridized carbons (Fsp3) is 0.111. The molecule has 1 aromatic carbocycles. The number of rotatable bonds is 1. The Morgan fingerprint density at radius 1 is 1.36 bits per heavy atom. The summed E-state index contributed by atoms with van der Waals surface area (Å²) in [5.41, 5.74) is 7.64. The minimum atomic E-state index is 0.481. The van der Waals surface area contributed by atoms with Crippen LogP contribution in [0.2, 0.25) is 0 Å². The van der Waals surface area contributed by atoms with Gasteiger partial charge < -0.3 is 5.73 Å². The molecule has 2 aromatic rings. The summed E-state index contributed by atoms with van der Waals surface area (Å²) < 4.78 is 0. The summed E-state index contributed by atoms with van der Waals surface area (Å²) in [5, 5.41) is 9.06. The first-order valence-electron chi connectivity index (χ1n) is 4.06. The van der Waals surface area contributed by atoms with Gasteiger partial charge >= 0.3 is 0 Å². The summed E-state index contributed by atoms with van der Waals surface area (Å²) in [5.74, 6) is 0. The molecule has 72 valence electrons. The van der Waals surface area contributed by atoms with Crippen molar-refractivity contribution in [2.45, 2.75) is 11.8 Å². The molecule has 1 aromatic heterocycles. The highest BCUT2D eigenvalue weighted by molar-refractivity contribution is 7.80. The van der Waals surface area contributed by atoms with Gasteiger partial charge in [0.05, 0.1) is 0 Å². The third-order valence-corrected chi connectivity index (χ3v) is 3.29. The first-order chi connectivity index (χ1) is 6.68. The third kappa shape index (κ3) is 1.60. The van der Waals surface area contributed by atoms with Crippen molar-refractivity contribution in [1.29, 1.82) is 0 Å². The van der Waals surface area contributed by atoms with Gasteiger partial charge in [-0.25, -0.2) is 0 Å². The van der Waals surface area contributed by atoms with Crippen LogP contribution in [0.1, 0.15) is 5.56 Å². The average Bonchev–Trinajstić information content (AvgIpc) is 2.57. The third-order valence-electron chi connectivity index (χ3n) is 1.91. The van der Waals surface area contributed by atoms with Crippen LogP contribution < -0.4 is 5.73 Å². The van der Waals surface area contributed by atoms with E-state index in [1.807, 2.05) is 25.1 Å². The van der Waals surface area contributed by atoms with E-state index >= 15 is 0 Å². The maximum atomic E-state index is 5.52. The van der Waals surface area contributed by atoms with Crippen molar-refractivity contribution in [3.05, 3.63) is 23.8 Å². The van der Waals surface area contributed by atoms with Crippen molar-refractivity contribution in [3.63, 3.8) is 0 Å². The Labute approximate surface area is 91.4 Å². The topological polar surface area (TPSA) is 51.8 Å². The van der Waals surface area contributed by atoms with Crippen LogP contribution in [0.5, 0.6) is 0 Å². The summed E-state index contributed by atoms with van der Waals surface area (Å²) in [4.78, 5) is 0.934. The standard InChI is InChI=1S/C9H9N3S2/c1-5-3-2-4-6(7(5)13)8-11-12-9(10)14-8/h2-4,13H,1H3,(H2,10,12). The SMILES string of the molecule is Cc1cccc(-c2nnc(N)s2)c1S. The Morgan fingerprint density at radius 3 is 2.79 bits per heavy atom. The zero-order chi connectivity index (χ0) is 10.1.